The lowest BCUT2D eigenvalue weighted by Crippen LogP contribution is -2.70. The highest BCUT2D eigenvalue weighted by molar-refractivity contribution is 8.00. The molecular weight excluding hydrogens is 524 g/mol. The number of thioether (sulfide) groups is 2. The summed E-state index contributed by atoms with van der Waals surface area (Å²) in [6.07, 6.45) is 2.11. The van der Waals surface area contributed by atoms with Crippen LogP contribution in [0.2, 0.25) is 0 Å². The lowest BCUT2D eigenvalue weighted by molar-refractivity contribution is -0.150. The lowest BCUT2D eigenvalue weighted by Gasteiger charge is -2.49. The van der Waals surface area contributed by atoms with Crippen LogP contribution in [-0.4, -0.2) is 68.1 Å². The summed E-state index contributed by atoms with van der Waals surface area (Å²) >= 11 is 2.75. The summed E-state index contributed by atoms with van der Waals surface area (Å²) in [6, 6.07) is 16.0. The van der Waals surface area contributed by atoms with Gasteiger partial charge in [-0.1, -0.05) is 30.3 Å². The number of β-lactam (4-membered cyclic amide) rings is 1. The van der Waals surface area contributed by atoms with Crippen molar-refractivity contribution in [1.29, 1.82) is 0 Å². The number of carbonyl (C=O) groups is 4. The maximum atomic E-state index is 13.0. The van der Waals surface area contributed by atoms with Crippen LogP contribution in [0.1, 0.15) is 12.0 Å². The first-order valence-corrected chi connectivity index (χ1v) is 14.1. The number of fused-ring (bicyclic) bond motifs is 1. The maximum Gasteiger partial charge on any atom is 0.352 e. The summed E-state index contributed by atoms with van der Waals surface area (Å²) in [5.74, 6) is -1.67. The second-order valence-electron chi connectivity index (χ2n) is 9.12. The molecule has 0 aromatic heterocycles. The van der Waals surface area contributed by atoms with Gasteiger partial charge in [-0.05, 0) is 47.9 Å². The molecule has 4 N–H and O–H groups in total. The third kappa shape index (κ3) is 5.30. The second-order valence-corrected chi connectivity index (χ2v) is 11.3. The number of benzene rings is 2. The molecule has 2 fully saturated rings. The Kier molecular flexibility index (Phi) is 7.48. The molecule has 11 heteroatoms. The zero-order chi connectivity index (χ0) is 26.8. The van der Waals surface area contributed by atoms with Crippen molar-refractivity contribution >= 4 is 52.9 Å². The molecule has 2 saturated heterocycles. The molecule has 2 aromatic carbocycles. The molecule has 3 aliphatic heterocycles. The Morgan fingerprint density at radius 1 is 1.13 bits per heavy atom. The molecular formula is C27H26N4O5S2. The Bertz CT molecular complexity index is 1340. The van der Waals surface area contributed by atoms with Crippen LogP contribution in [0.5, 0.6) is 0 Å². The average Bonchev–Trinajstić information content (AvgIpc) is 3.25. The van der Waals surface area contributed by atoms with Crippen LogP contribution in [0.3, 0.4) is 0 Å². The summed E-state index contributed by atoms with van der Waals surface area (Å²) in [7, 11) is 0. The van der Waals surface area contributed by atoms with Crippen LogP contribution >= 0.6 is 23.5 Å². The Morgan fingerprint density at radius 3 is 2.58 bits per heavy atom. The fourth-order valence-corrected chi connectivity index (χ4v) is 6.68. The molecule has 196 valence electrons. The minimum atomic E-state index is -1.23. The van der Waals surface area contributed by atoms with E-state index in [1.165, 1.54) is 28.4 Å². The molecule has 0 aliphatic carbocycles. The van der Waals surface area contributed by atoms with E-state index in [1.807, 2.05) is 42.5 Å². The van der Waals surface area contributed by atoms with Gasteiger partial charge in [-0.2, -0.15) is 0 Å². The highest BCUT2D eigenvalue weighted by Gasteiger charge is 2.54. The first kappa shape index (κ1) is 25.9. The van der Waals surface area contributed by atoms with Crippen molar-refractivity contribution in [2.75, 3.05) is 23.8 Å². The topological polar surface area (TPSA) is 133 Å². The number of nitrogens with zero attached hydrogens (tertiary/aromatic N) is 2. The van der Waals surface area contributed by atoms with E-state index < -0.39 is 23.3 Å². The highest BCUT2D eigenvalue weighted by Crippen LogP contribution is 2.41. The Morgan fingerprint density at radius 2 is 1.87 bits per heavy atom. The van der Waals surface area contributed by atoms with Crippen molar-refractivity contribution < 1.29 is 24.3 Å². The summed E-state index contributed by atoms with van der Waals surface area (Å²) in [5.41, 5.74) is 8.16. The molecule has 3 amide bonds. The number of anilines is 1. The smallest absolute Gasteiger partial charge is 0.352 e. The van der Waals surface area contributed by atoms with E-state index in [9.17, 15) is 24.3 Å². The summed E-state index contributed by atoms with van der Waals surface area (Å²) in [4.78, 5) is 54.5. The van der Waals surface area contributed by atoms with Crippen LogP contribution < -0.4 is 11.1 Å². The first-order chi connectivity index (χ1) is 18.3. The van der Waals surface area contributed by atoms with Crippen molar-refractivity contribution in [2.24, 2.45) is 0 Å². The van der Waals surface area contributed by atoms with Crippen LogP contribution in [0, 0.1) is 0 Å². The number of rotatable bonds is 8. The van der Waals surface area contributed by atoms with Crippen LogP contribution in [0.25, 0.3) is 0 Å². The third-order valence-corrected chi connectivity index (χ3v) is 8.86. The Hall–Kier alpha value is -3.70. The van der Waals surface area contributed by atoms with Crippen molar-refractivity contribution in [3.05, 3.63) is 83.1 Å². The van der Waals surface area contributed by atoms with E-state index in [2.05, 4.69) is 5.32 Å². The number of allylic oxidation sites excluding steroid dienone is 1. The normalized spacial score (nSPS) is 21.9. The van der Waals surface area contributed by atoms with Gasteiger partial charge in [-0.3, -0.25) is 19.3 Å². The van der Waals surface area contributed by atoms with Gasteiger partial charge < -0.3 is 21.1 Å². The fraction of sp³-hybridized carbons (Fsp3) is 0.259. The number of nitrogen functional groups attached to an aromatic ring is 1. The van der Waals surface area contributed by atoms with Crippen LogP contribution in [0.4, 0.5) is 5.69 Å². The molecule has 0 unspecified atom stereocenters. The molecule has 5 rings (SSSR count). The largest absolute Gasteiger partial charge is 0.477 e. The van der Waals surface area contributed by atoms with Crippen molar-refractivity contribution in [3.8, 4) is 0 Å². The molecule has 0 bridgehead atoms. The predicted octanol–water partition coefficient (Wildman–Crippen LogP) is 2.46. The second kappa shape index (κ2) is 11.0. The summed E-state index contributed by atoms with van der Waals surface area (Å²) < 4.78 is 0. The zero-order valence-corrected chi connectivity index (χ0v) is 22.0. The number of hydrogen-bond acceptors (Lipinski definition) is 7. The lowest BCUT2D eigenvalue weighted by atomic mass is 10.0. The number of carboxylic acid groups (broad SMARTS) is 1. The first-order valence-electron chi connectivity index (χ1n) is 12.0. The number of likely N-dealkylation sites (tertiary alicyclic amines) is 1. The number of amides is 3. The minimum absolute atomic E-state index is 0.125. The Labute approximate surface area is 228 Å². The number of carboxylic acids is 1. The molecule has 38 heavy (non-hydrogen) atoms. The number of nitrogens with two attached hydrogens (primary N) is 1. The van der Waals surface area contributed by atoms with E-state index in [-0.39, 0.29) is 23.3 Å². The zero-order valence-electron chi connectivity index (χ0n) is 20.3. The quantitative estimate of drug-likeness (QED) is 0.198. The number of carbonyl (C=O) groups excluding carboxylic acids is 3. The van der Waals surface area contributed by atoms with Gasteiger partial charge in [0, 0.05) is 35.0 Å². The SMILES string of the molecule is Nc1ccc(CN2CCC(=CC3=C(C(=O)O)N4C(=O)[C@@H](NC(=O)CSc5ccccc5)[C@H]4SC3)C2=O)cc1. The molecule has 3 heterocycles. The number of nitrogens with one attached hydrogen (secondary N) is 1. The van der Waals surface area contributed by atoms with Crippen molar-refractivity contribution in [1.82, 2.24) is 15.1 Å². The van der Waals surface area contributed by atoms with E-state index in [0.29, 0.717) is 42.1 Å². The molecule has 2 atom stereocenters. The van der Waals surface area contributed by atoms with Crippen molar-refractivity contribution in [2.45, 2.75) is 29.3 Å². The molecule has 3 aliphatic rings. The highest BCUT2D eigenvalue weighted by atomic mass is 32.2. The van der Waals surface area contributed by atoms with Gasteiger partial charge >= 0.3 is 5.97 Å². The standard InChI is InChI=1S/C27H26N4O5S2/c28-19-8-6-16(7-9-19)13-30-11-10-17(24(30)33)12-18-14-38-26-22(25(34)31(26)23(18)27(35)36)29-21(32)15-37-20-4-2-1-3-5-20/h1-9,12,22,26H,10-11,13-15,28H2,(H,29,32)(H,35,36)/t22-,26-/m1/s1. The van der Waals surface area contributed by atoms with Gasteiger partial charge in [0.25, 0.3) is 5.91 Å². The van der Waals surface area contributed by atoms with Gasteiger partial charge in [0.15, 0.2) is 0 Å². The maximum absolute atomic E-state index is 13.0. The van der Waals surface area contributed by atoms with Gasteiger partial charge in [-0.25, -0.2) is 4.79 Å². The Balaban J connectivity index is 1.25. The molecule has 0 spiro atoms. The molecule has 0 radical (unpaired) electrons. The van der Waals surface area contributed by atoms with Gasteiger partial charge in [0.2, 0.25) is 11.8 Å². The predicted molar refractivity (Wildman–Crippen MR) is 146 cm³/mol. The van der Waals surface area contributed by atoms with E-state index >= 15 is 0 Å². The van der Waals surface area contributed by atoms with Gasteiger partial charge in [0.1, 0.15) is 17.1 Å². The number of hydrogen-bond donors (Lipinski definition) is 3. The number of aliphatic carboxylic acids is 1. The van der Waals surface area contributed by atoms with Gasteiger partial charge in [-0.15, -0.1) is 23.5 Å². The minimum Gasteiger partial charge on any atom is -0.477 e. The van der Waals surface area contributed by atoms with E-state index in [0.717, 1.165) is 10.5 Å². The van der Waals surface area contributed by atoms with Crippen molar-refractivity contribution in [3.63, 3.8) is 0 Å². The van der Waals surface area contributed by atoms with E-state index in [1.54, 1.807) is 23.1 Å². The monoisotopic (exact) mass is 550 g/mol. The third-order valence-electron chi connectivity index (χ3n) is 6.54. The summed E-state index contributed by atoms with van der Waals surface area (Å²) in [6.45, 7) is 0.963. The van der Waals surface area contributed by atoms with E-state index in [4.69, 9.17) is 5.73 Å². The molecule has 2 aromatic rings. The summed E-state index contributed by atoms with van der Waals surface area (Å²) in [5, 5.41) is 12.2. The fourth-order valence-electron chi connectivity index (χ4n) is 4.64. The van der Waals surface area contributed by atoms with Gasteiger partial charge in [0.05, 0.1) is 5.75 Å². The van der Waals surface area contributed by atoms with Crippen LogP contribution in [0.15, 0.2) is 82.4 Å². The molecule has 0 saturated carbocycles. The van der Waals surface area contributed by atoms with Crippen LogP contribution in [-0.2, 0) is 25.7 Å². The molecule has 9 nitrogen and oxygen atoms in total. The average molecular weight is 551 g/mol.